The van der Waals surface area contributed by atoms with Gasteiger partial charge in [-0.25, -0.2) is 13.2 Å². The van der Waals surface area contributed by atoms with E-state index in [0.717, 1.165) is 12.8 Å². The van der Waals surface area contributed by atoms with Crippen molar-refractivity contribution in [1.82, 2.24) is 4.31 Å². The number of hydrogen-bond acceptors (Lipinski definition) is 6. The fraction of sp³-hybridized carbons (Fsp3) is 0.300. The highest BCUT2D eigenvalue weighted by Crippen LogP contribution is 2.27. The minimum absolute atomic E-state index is 0.0948. The lowest BCUT2D eigenvalue weighted by atomic mass is 10.3. The van der Waals surface area contributed by atoms with Gasteiger partial charge in [-0.05, 0) is 49.2 Å². The van der Waals surface area contributed by atoms with Crippen LogP contribution in [-0.2, 0) is 24.3 Å². The average molecular weight is 487 g/mol. The van der Waals surface area contributed by atoms with Crippen molar-refractivity contribution in [2.24, 2.45) is 0 Å². The number of rotatable bonds is 8. The molecule has 0 spiro atoms. The summed E-state index contributed by atoms with van der Waals surface area (Å²) in [4.78, 5) is 24.0. The van der Waals surface area contributed by atoms with E-state index in [1.807, 2.05) is 0 Å². The van der Waals surface area contributed by atoms with Gasteiger partial charge in [-0.15, -0.1) is 0 Å². The van der Waals surface area contributed by atoms with Crippen LogP contribution >= 0.6 is 23.2 Å². The van der Waals surface area contributed by atoms with E-state index < -0.39 is 35.1 Å². The highest BCUT2D eigenvalue weighted by molar-refractivity contribution is 7.89. The zero-order valence-corrected chi connectivity index (χ0v) is 18.7. The lowest BCUT2D eigenvalue weighted by Gasteiger charge is -2.16. The van der Waals surface area contributed by atoms with Crippen molar-refractivity contribution in [2.45, 2.75) is 17.7 Å². The quantitative estimate of drug-likeness (QED) is 0.574. The third-order valence-electron chi connectivity index (χ3n) is 4.42. The second-order valence-electron chi connectivity index (χ2n) is 6.71. The van der Waals surface area contributed by atoms with Crippen LogP contribution in [0.15, 0.2) is 47.4 Å². The normalized spacial score (nSPS) is 14.3. The molecule has 0 radical (unpaired) electrons. The Balaban J connectivity index is 1.50. The van der Waals surface area contributed by atoms with Crippen molar-refractivity contribution in [2.75, 3.05) is 31.6 Å². The highest BCUT2D eigenvalue weighted by atomic mass is 35.5. The molecule has 1 N–H and O–H groups in total. The molecule has 1 heterocycles. The van der Waals surface area contributed by atoms with Crippen LogP contribution in [0.25, 0.3) is 0 Å². The number of halogens is 2. The third-order valence-corrected chi connectivity index (χ3v) is 6.85. The molecule has 8 nitrogen and oxygen atoms in total. The second-order valence-corrected chi connectivity index (χ2v) is 9.49. The average Bonchev–Trinajstić information content (AvgIpc) is 3.28. The minimum atomic E-state index is -3.60. The fourth-order valence-electron chi connectivity index (χ4n) is 2.93. The molecule has 2 aromatic rings. The maximum atomic E-state index is 12.6. The first-order valence-corrected chi connectivity index (χ1v) is 11.6. The zero-order valence-electron chi connectivity index (χ0n) is 16.3. The predicted octanol–water partition coefficient (Wildman–Crippen LogP) is 3.34. The van der Waals surface area contributed by atoms with Crippen molar-refractivity contribution < 1.29 is 27.5 Å². The standard InChI is InChI=1S/C20H20Cl2N2O6S/c21-14-6-7-18(17(22)10-14)29-13-20(26)30-12-19(25)23-15-4-3-5-16(11-15)31(27,28)24-8-1-2-9-24/h3-7,10-11H,1-2,8-9,12-13H2,(H,23,25). The van der Waals surface area contributed by atoms with E-state index in [2.05, 4.69) is 5.32 Å². The molecule has 2 aromatic carbocycles. The largest absolute Gasteiger partial charge is 0.480 e. The Morgan fingerprint density at radius 3 is 2.48 bits per heavy atom. The lowest BCUT2D eigenvalue weighted by Crippen LogP contribution is -2.28. The molecule has 0 aromatic heterocycles. The van der Waals surface area contributed by atoms with Gasteiger partial charge in [0.2, 0.25) is 10.0 Å². The van der Waals surface area contributed by atoms with Gasteiger partial charge in [-0.1, -0.05) is 29.3 Å². The van der Waals surface area contributed by atoms with Crippen LogP contribution in [0.1, 0.15) is 12.8 Å². The van der Waals surface area contributed by atoms with E-state index >= 15 is 0 Å². The molecular weight excluding hydrogens is 467 g/mol. The van der Waals surface area contributed by atoms with Crippen LogP contribution in [-0.4, -0.2) is 50.9 Å². The molecule has 0 saturated carbocycles. The molecule has 1 amide bonds. The molecule has 1 saturated heterocycles. The van der Waals surface area contributed by atoms with Crippen LogP contribution in [0.3, 0.4) is 0 Å². The second kappa shape index (κ2) is 10.3. The number of esters is 1. The highest BCUT2D eigenvalue weighted by Gasteiger charge is 2.27. The Hall–Kier alpha value is -2.33. The van der Waals surface area contributed by atoms with Crippen molar-refractivity contribution in [3.05, 3.63) is 52.5 Å². The molecule has 0 atom stereocenters. The summed E-state index contributed by atoms with van der Waals surface area (Å²) in [6.45, 7) is -0.0335. The number of nitrogens with one attached hydrogen (secondary N) is 1. The van der Waals surface area contributed by atoms with E-state index in [1.54, 1.807) is 12.1 Å². The predicted molar refractivity (Wildman–Crippen MR) is 116 cm³/mol. The van der Waals surface area contributed by atoms with E-state index in [1.165, 1.54) is 34.6 Å². The molecule has 31 heavy (non-hydrogen) atoms. The molecule has 166 valence electrons. The van der Waals surface area contributed by atoms with Gasteiger partial charge < -0.3 is 14.8 Å². The van der Waals surface area contributed by atoms with Crippen LogP contribution in [0, 0.1) is 0 Å². The molecule has 1 aliphatic heterocycles. The smallest absolute Gasteiger partial charge is 0.344 e. The molecule has 11 heteroatoms. The van der Waals surface area contributed by atoms with E-state index in [0.29, 0.717) is 18.1 Å². The number of carbonyl (C=O) groups is 2. The van der Waals surface area contributed by atoms with Gasteiger partial charge in [0.1, 0.15) is 5.75 Å². The van der Waals surface area contributed by atoms with E-state index in [-0.39, 0.29) is 21.4 Å². The van der Waals surface area contributed by atoms with Crippen LogP contribution in [0.5, 0.6) is 5.75 Å². The number of sulfonamides is 1. The van der Waals surface area contributed by atoms with Gasteiger partial charge in [-0.3, -0.25) is 4.79 Å². The van der Waals surface area contributed by atoms with Crippen molar-refractivity contribution >= 4 is 50.8 Å². The van der Waals surface area contributed by atoms with Crippen molar-refractivity contribution in [3.8, 4) is 5.75 Å². The Morgan fingerprint density at radius 2 is 1.77 bits per heavy atom. The summed E-state index contributed by atoms with van der Waals surface area (Å²) >= 11 is 11.7. The Labute approximate surface area is 190 Å². The summed E-state index contributed by atoms with van der Waals surface area (Å²) in [7, 11) is -3.60. The molecule has 0 aliphatic carbocycles. The maximum absolute atomic E-state index is 12.6. The summed E-state index contributed by atoms with van der Waals surface area (Å²) in [5.74, 6) is -1.14. The first-order valence-electron chi connectivity index (χ1n) is 9.39. The number of carbonyl (C=O) groups excluding carboxylic acids is 2. The summed E-state index contributed by atoms with van der Waals surface area (Å²) < 4.78 is 36.8. The summed E-state index contributed by atoms with van der Waals surface area (Å²) in [5.41, 5.74) is 0.283. The summed E-state index contributed by atoms with van der Waals surface area (Å²) in [5, 5.41) is 3.18. The molecule has 1 aliphatic rings. The molecule has 1 fully saturated rings. The van der Waals surface area contributed by atoms with Crippen LogP contribution in [0.2, 0.25) is 10.0 Å². The fourth-order valence-corrected chi connectivity index (χ4v) is 4.95. The minimum Gasteiger partial charge on any atom is -0.480 e. The first kappa shape index (κ1) is 23.3. The lowest BCUT2D eigenvalue weighted by molar-refractivity contribution is -0.149. The van der Waals surface area contributed by atoms with Gasteiger partial charge in [0, 0.05) is 23.8 Å². The Morgan fingerprint density at radius 1 is 1.03 bits per heavy atom. The van der Waals surface area contributed by atoms with Crippen molar-refractivity contribution in [3.63, 3.8) is 0 Å². The van der Waals surface area contributed by atoms with Gasteiger partial charge in [-0.2, -0.15) is 4.31 Å². The van der Waals surface area contributed by atoms with E-state index in [4.69, 9.17) is 32.7 Å². The van der Waals surface area contributed by atoms with Crippen LogP contribution < -0.4 is 10.1 Å². The maximum Gasteiger partial charge on any atom is 0.344 e. The Kier molecular flexibility index (Phi) is 7.77. The van der Waals surface area contributed by atoms with E-state index in [9.17, 15) is 18.0 Å². The van der Waals surface area contributed by atoms with Gasteiger partial charge in [0.05, 0.1) is 9.92 Å². The molecular formula is C20H20Cl2N2O6S. The molecule has 3 rings (SSSR count). The number of nitrogens with zero attached hydrogens (tertiary/aromatic N) is 1. The van der Waals surface area contributed by atoms with Crippen LogP contribution in [0.4, 0.5) is 5.69 Å². The number of anilines is 1. The topological polar surface area (TPSA) is 102 Å². The molecule has 0 unspecified atom stereocenters. The monoisotopic (exact) mass is 486 g/mol. The number of hydrogen-bond donors (Lipinski definition) is 1. The van der Waals surface area contributed by atoms with Gasteiger partial charge in [0.15, 0.2) is 13.2 Å². The van der Waals surface area contributed by atoms with Crippen molar-refractivity contribution in [1.29, 1.82) is 0 Å². The van der Waals surface area contributed by atoms with Gasteiger partial charge >= 0.3 is 5.97 Å². The SMILES string of the molecule is O=C(COC(=O)COc1ccc(Cl)cc1Cl)Nc1cccc(S(=O)(=O)N2CCCC2)c1. The number of ether oxygens (including phenoxy) is 2. The third kappa shape index (κ3) is 6.33. The Bertz CT molecular complexity index is 1070. The number of amides is 1. The number of benzene rings is 2. The summed E-state index contributed by atoms with van der Waals surface area (Å²) in [6, 6.07) is 10.5. The first-order chi connectivity index (χ1) is 14.8. The van der Waals surface area contributed by atoms with Gasteiger partial charge in [0.25, 0.3) is 5.91 Å². The molecule has 0 bridgehead atoms. The zero-order chi connectivity index (χ0) is 22.4. The summed E-state index contributed by atoms with van der Waals surface area (Å²) in [6.07, 6.45) is 1.66.